The van der Waals surface area contributed by atoms with E-state index in [0.29, 0.717) is 6.54 Å². The van der Waals surface area contributed by atoms with Crippen molar-refractivity contribution in [3.05, 3.63) is 35.6 Å². The van der Waals surface area contributed by atoms with Crippen LogP contribution in [0.5, 0.6) is 0 Å². The molecule has 4 nitrogen and oxygen atoms in total. The number of amides is 1. The van der Waals surface area contributed by atoms with Crippen molar-refractivity contribution in [1.82, 2.24) is 9.80 Å². The number of aliphatic hydroxyl groups excluding tert-OH is 1. The molecule has 1 aromatic carbocycles. The molecule has 0 aliphatic carbocycles. The number of nitrogens with zero attached hydrogens (tertiary/aromatic N) is 2. The van der Waals surface area contributed by atoms with Gasteiger partial charge >= 0.3 is 0 Å². The van der Waals surface area contributed by atoms with Crippen molar-refractivity contribution < 1.29 is 14.3 Å². The third kappa shape index (κ3) is 5.39. The summed E-state index contributed by atoms with van der Waals surface area (Å²) in [4.78, 5) is 16.2. The van der Waals surface area contributed by atoms with E-state index in [1.54, 1.807) is 11.0 Å². The lowest BCUT2D eigenvalue weighted by Gasteiger charge is -2.37. The van der Waals surface area contributed by atoms with Crippen LogP contribution in [-0.2, 0) is 11.3 Å². The Bertz CT molecular complexity index is 500. The molecule has 1 N–H and O–H groups in total. The summed E-state index contributed by atoms with van der Waals surface area (Å²) in [5.74, 6) is -0.343. The molecule has 1 aromatic rings. The van der Waals surface area contributed by atoms with Crippen molar-refractivity contribution in [2.24, 2.45) is 0 Å². The third-order valence-electron chi connectivity index (χ3n) is 3.74. The van der Waals surface area contributed by atoms with E-state index in [2.05, 4.69) is 0 Å². The number of hydrogen-bond acceptors (Lipinski definition) is 3. The van der Waals surface area contributed by atoms with E-state index in [0.717, 1.165) is 5.56 Å². The first-order valence-electron chi connectivity index (χ1n) is 7.51. The Morgan fingerprint density at radius 1 is 1.36 bits per heavy atom. The Kier molecular flexibility index (Phi) is 6.50. The normalized spacial score (nSPS) is 13.3. The molecule has 0 fully saturated rings. The summed E-state index contributed by atoms with van der Waals surface area (Å²) in [6.07, 6.45) is 0. The van der Waals surface area contributed by atoms with Crippen LogP contribution in [-0.4, -0.2) is 52.6 Å². The molecule has 0 saturated heterocycles. The molecule has 0 radical (unpaired) electrons. The van der Waals surface area contributed by atoms with Crippen molar-refractivity contribution in [3.63, 3.8) is 0 Å². The third-order valence-corrected chi connectivity index (χ3v) is 3.74. The van der Waals surface area contributed by atoms with Gasteiger partial charge in [0.15, 0.2) is 0 Å². The minimum absolute atomic E-state index is 0.00317. The van der Waals surface area contributed by atoms with Gasteiger partial charge in [-0.3, -0.25) is 9.69 Å². The molecule has 5 heteroatoms. The maximum atomic E-state index is 13.3. The van der Waals surface area contributed by atoms with E-state index in [9.17, 15) is 14.3 Å². The highest BCUT2D eigenvalue weighted by Crippen LogP contribution is 2.18. The second-order valence-electron chi connectivity index (χ2n) is 6.73. The van der Waals surface area contributed by atoms with Crippen LogP contribution >= 0.6 is 0 Å². The van der Waals surface area contributed by atoms with Gasteiger partial charge in [0.2, 0.25) is 5.91 Å². The predicted octanol–water partition coefficient (Wildman–Crippen LogP) is 2.27. The Labute approximate surface area is 132 Å². The minimum Gasteiger partial charge on any atom is -0.395 e. The summed E-state index contributed by atoms with van der Waals surface area (Å²) >= 11 is 0. The summed E-state index contributed by atoms with van der Waals surface area (Å²) in [5, 5.41) is 9.17. The standard InChI is InChI=1S/C17H27FN2O2/c1-13(12-21)19(5)11-16(22)20(17(2,3)4)10-14-7-6-8-15(18)9-14/h6-9,13,21H,10-12H2,1-5H3. The molecule has 1 amide bonds. The quantitative estimate of drug-likeness (QED) is 0.876. The zero-order chi connectivity index (χ0) is 16.9. The summed E-state index contributed by atoms with van der Waals surface area (Å²) in [5.41, 5.74) is 0.397. The second kappa shape index (κ2) is 7.70. The number of carbonyl (C=O) groups is 1. The van der Waals surface area contributed by atoms with E-state index in [1.165, 1.54) is 12.1 Å². The molecule has 124 valence electrons. The van der Waals surface area contributed by atoms with Gasteiger partial charge in [-0.25, -0.2) is 4.39 Å². The Hall–Kier alpha value is -1.46. The van der Waals surface area contributed by atoms with Gasteiger partial charge in [-0.05, 0) is 52.4 Å². The zero-order valence-electron chi connectivity index (χ0n) is 14.1. The molecule has 22 heavy (non-hydrogen) atoms. The molecule has 1 unspecified atom stereocenters. The number of likely N-dealkylation sites (N-methyl/N-ethyl adjacent to an activating group) is 1. The number of benzene rings is 1. The lowest BCUT2D eigenvalue weighted by molar-refractivity contribution is -0.138. The van der Waals surface area contributed by atoms with Crippen LogP contribution in [0.4, 0.5) is 4.39 Å². The fourth-order valence-electron chi connectivity index (χ4n) is 2.11. The van der Waals surface area contributed by atoms with Crippen LogP contribution < -0.4 is 0 Å². The van der Waals surface area contributed by atoms with Gasteiger partial charge in [0.25, 0.3) is 0 Å². The summed E-state index contributed by atoms with van der Waals surface area (Å²) in [7, 11) is 1.81. The molecule has 1 atom stereocenters. The summed E-state index contributed by atoms with van der Waals surface area (Å²) in [6.45, 7) is 8.32. The molecule has 0 aromatic heterocycles. The highest BCUT2D eigenvalue weighted by atomic mass is 19.1. The Morgan fingerprint density at radius 3 is 2.50 bits per heavy atom. The minimum atomic E-state index is -0.368. The molecule has 0 spiro atoms. The predicted molar refractivity (Wildman–Crippen MR) is 85.9 cm³/mol. The van der Waals surface area contributed by atoms with Crippen molar-refractivity contribution in [1.29, 1.82) is 0 Å². The van der Waals surface area contributed by atoms with E-state index in [4.69, 9.17) is 0 Å². The van der Waals surface area contributed by atoms with Gasteiger partial charge in [-0.2, -0.15) is 0 Å². The molecule has 1 rings (SSSR count). The van der Waals surface area contributed by atoms with E-state index < -0.39 is 0 Å². The molecule has 0 heterocycles. The molecule has 0 bridgehead atoms. The van der Waals surface area contributed by atoms with Crippen LogP contribution in [0.2, 0.25) is 0 Å². The van der Waals surface area contributed by atoms with Crippen molar-refractivity contribution in [2.45, 2.75) is 45.8 Å². The van der Waals surface area contributed by atoms with Gasteiger partial charge in [0.1, 0.15) is 5.82 Å². The molecule has 0 aliphatic heterocycles. The first-order valence-corrected chi connectivity index (χ1v) is 7.51. The van der Waals surface area contributed by atoms with Crippen LogP contribution in [0, 0.1) is 5.82 Å². The van der Waals surface area contributed by atoms with Gasteiger partial charge in [0, 0.05) is 18.1 Å². The molecular weight excluding hydrogens is 283 g/mol. The number of carbonyl (C=O) groups excluding carboxylic acids is 1. The topological polar surface area (TPSA) is 43.8 Å². The van der Waals surface area contributed by atoms with Gasteiger partial charge in [-0.15, -0.1) is 0 Å². The van der Waals surface area contributed by atoms with Crippen LogP contribution in [0.1, 0.15) is 33.3 Å². The number of aliphatic hydroxyl groups is 1. The fraction of sp³-hybridized carbons (Fsp3) is 0.588. The first kappa shape index (κ1) is 18.6. The SMILES string of the molecule is CC(CO)N(C)CC(=O)N(Cc1cccc(F)c1)C(C)(C)C. The van der Waals surface area contributed by atoms with Gasteiger partial charge in [0.05, 0.1) is 13.2 Å². The van der Waals surface area contributed by atoms with Crippen LogP contribution in [0.15, 0.2) is 24.3 Å². The second-order valence-corrected chi connectivity index (χ2v) is 6.73. The van der Waals surface area contributed by atoms with Gasteiger partial charge in [-0.1, -0.05) is 12.1 Å². The van der Waals surface area contributed by atoms with E-state index >= 15 is 0 Å². The number of hydrogen-bond donors (Lipinski definition) is 1. The maximum Gasteiger partial charge on any atom is 0.237 e. The lowest BCUT2D eigenvalue weighted by Crippen LogP contribution is -2.50. The lowest BCUT2D eigenvalue weighted by atomic mass is 10.0. The number of rotatable bonds is 6. The summed E-state index contributed by atoms with van der Waals surface area (Å²) in [6, 6.07) is 6.22. The van der Waals surface area contributed by atoms with E-state index in [1.807, 2.05) is 45.7 Å². The highest BCUT2D eigenvalue weighted by molar-refractivity contribution is 5.79. The fourth-order valence-corrected chi connectivity index (χ4v) is 2.11. The van der Waals surface area contributed by atoms with Crippen LogP contribution in [0.25, 0.3) is 0 Å². The first-order chi connectivity index (χ1) is 10.1. The highest BCUT2D eigenvalue weighted by Gasteiger charge is 2.27. The molecule has 0 saturated carbocycles. The summed E-state index contributed by atoms with van der Waals surface area (Å²) < 4.78 is 13.3. The Morgan fingerprint density at radius 2 is 2.00 bits per heavy atom. The van der Waals surface area contributed by atoms with Crippen LogP contribution in [0.3, 0.4) is 0 Å². The van der Waals surface area contributed by atoms with E-state index in [-0.39, 0.29) is 36.5 Å². The number of halogens is 1. The Balaban J connectivity index is 2.87. The van der Waals surface area contributed by atoms with Gasteiger partial charge < -0.3 is 10.0 Å². The van der Waals surface area contributed by atoms with Crippen molar-refractivity contribution in [3.8, 4) is 0 Å². The molecule has 0 aliphatic rings. The molecular formula is C17H27FN2O2. The van der Waals surface area contributed by atoms with Crippen molar-refractivity contribution >= 4 is 5.91 Å². The average Bonchev–Trinajstić information content (AvgIpc) is 2.42. The average molecular weight is 310 g/mol. The maximum absolute atomic E-state index is 13.3. The largest absolute Gasteiger partial charge is 0.395 e. The zero-order valence-corrected chi connectivity index (χ0v) is 14.1. The van der Waals surface area contributed by atoms with Crippen molar-refractivity contribution in [2.75, 3.05) is 20.2 Å². The monoisotopic (exact) mass is 310 g/mol. The smallest absolute Gasteiger partial charge is 0.237 e.